The molecule has 98 valence electrons. The average Bonchev–Trinajstić information content (AvgIpc) is 2.42. The summed E-state index contributed by atoms with van der Waals surface area (Å²) in [6.07, 6.45) is 10.2. The van der Waals surface area contributed by atoms with Crippen LogP contribution in [-0.4, -0.2) is 6.61 Å². The summed E-state index contributed by atoms with van der Waals surface area (Å²) in [7, 11) is 0. The highest BCUT2D eigenvalue weighted by atomic mass is 16.5. The summed E-state index contributed by atoms with van der Waals surface area (Å²) in [5.74, 6) is 1.92. The van der Waals surface area contributed by atoms with E-state index in [0.717, 1.165) is 24.7 Å². The Morgan fingerprint density at radius 2 is 2.06 bits per heavy atom. The molecule has 1 unspecified atom stereocenters. The van der Waals surface area contributed by atoms with Gasteiger partial charge in [-0.05, 0) is 37.3 Å². The highest BCUT2D eigenvalue weighted by Gasteiger charge is 2.13. The van der Waals surface area contributed by atoms with Gasteiger partial charge in [0.15, 0.2) is 0 Å². The van der Waals surface area contributed by atoms with Gasteiger partial charge in [0.2, 0.25) is 0 Å². The molecule has 1 aliphatic carbocycles. The molecule has 0 fully saturated rings. The van der Waals surface area contributed by atoms with E-state index in [1.807, 2.05) is 30.3 Å². The van der Waals surface area contributed by atoms with Crippen molar-refractivity contribution in [3.8, 4) is 5.75 Å². The van der Waals surface area contributed by atoms with Gasteiger partial charge in [-0.1, -0.05) is 49.6 Å². The SMILES string of the molecule is CCCC1CC=C(CCOc2ccccc2)CC1. The Balaban J connectivity index is 1.69. The Labute approximate surface area is 111 Å². The molecule has 18 heavy (non-hydrogen) atoms. The second kappa shape index (κ2) is 7.25. The standard InChI is InChI=1S/C17H24O/c1-2-6-15-9-11-16(12-10-15)13-14-18-17-7-4-3-5-8-17/h3-5,7-8,11,15H,2,6,9-10,12-14H2,1H3. The monoisotopic (exact) mass is 244 g/mol. The van der Waals surface area contributed by atoms with Crippen LogP contribution in [0.3, 0.4) is 0 Å². The smallest absolute Gasteiger partial charge is 0.119 e. The molecule has 0 aliphatic heterocycles. The third-order valence-corrected chi connectivity index (χ3v) is 3.75. The lowest BCUT2D eigenvalue weighted by Gasteiger charge is -2.21. The van der Waals surface area contributed by atoms with Crippen molar-refractivity contribution in [2.45, 2.75) is 45.4 Å². The van der Waals surface area contributed by atoms with Crippen LogP contribution in [-0.2, 0) is 0 Å². The maximum atomic E-state index is 5.74. The Bertz CT molecular complexity index is 366. The van der Waals surface area contributed by atoms with Crippen molar-refractivity contribution >= 4 is 0 Å². The van der Waals surface area contributed by atoms with E-state index in [0.29, 0.717) is 0 Å². The van der Waals surface area contributed by atoms with Crippen molar-refractivity contribution in [3.63, 3.8) is 0 Å². The molecule has 0 spiro atoms. The highest BCUT2D eigenvalue weighted by molar-refractivity contribution is 5.21. The molecule has 0 saturated heterocycles. The predicted octanol–water partition coefficient (Wildman–Crippen LogP) is 4.98. The van der Waals surface area contributed by atoms with Crippen LogP contribution in [0.2, 0.25) is 0 Å². The lowest BCUT2D eigenvalue weighted by atomic mass is 9.86. The van der Waals surface area contributed by atoms with Crippen molar-refractivity contribution < 1.29 is 4.74 Å². The van der Waals surface area contributed by atoms with Gasteiger partial charge in [-0.3, -0.25) is 0 Å². The van der Waals surface area contributed by atoms with Gasteiger partial charge in [0.1, 0.15) is 5.75 Å². The molecule has 0 saturated carbocycles. The lowest BCUT2D eigenvalue weighted by Crippen LogP contribution is -2.07. The molecule has 0 bridgehead atoms. The van der Waals surface area contributed by atoms with E-state index in [-0.39, 0.29) is 0 Å². The lowest BCUT2D eigenvalue weighted by molar-refractivity contribution is 0.315. The zero-order valence-corrected chi connectivity index (χ0v) is 11.4. The molecule has 1 aliphatic rings. The summed E-state index contributed by atoms with van der Waals surface area (Å²) in [6.45, 7) is 3.10. The number of benzene rings is 1. The first kappa shape index (κ1) is 13.2. The number of allylic oxidation sites excluding steroid dienone is 1. The van der Waals surface area contributed by atoms with Crippen molar-refractivity contribution in [2.24, 2.45) is 5.92 Å². The molecule has 0 aromatic heterocycles. The molecular formula is C17H24O. The molecule has 0 N–H and O–H groups in total. The molecule has 1 atom stereocenters. The maximum Gasteiger partial charge on any atom is 0.119 e. The number of para-hydroxylation sites is 1. The summed E-state index contributed by atoms with van der Waals surface area (Å²) < 4.78 is 5.74. The fourth-order valence-electron chi connectivity index (χ4n) is 2.66. The second-order valence-corrected chi connectivity index (χ2v) is 5.20. The minimum absolute atomic E-state index is 0.814. The van der Waals surface area contributed by atoms with E-state index in [1.165, 1.54) is 32.1 Å². The van der Waals surface area contributed by atoms with Gasteiger partial charge in [0.05, 0.1) is 6.61 Å². The van der Waals surface area contributed by atoms with Crippen molar-refractivity contribution in [1.82, 2.24) is 0 Å². The normalized spacial score (nSPS) is 19.4. The van der Waals surface area contributed by atoms with Crippen molar-refractivity contribution in [2.75, 3.05) is 6.61 Å². The van der Waals surface area contributed by atoms with Crippen LogP contribution in [0.1, 0.15) is 45.4 Å². The molecule has 1 heteroatoms. The Kier molecular flexibility index (Phi) is 5.32. The fraction of sp³-hybridized carbons (Fsp3) is 0.529. The van der Waals surface area contributed by atoms with Crippen molar-refractivity contribution in [1.29, 1.82) is 0 Å². The predicted molar refractivity (Wildman–Crippen MR) is 76.9 cm³/mol. The molecule has 0 amide bonds. The Hall–Kier alpha value is -1.24. The van der Waals surface area contributed by atoms with E-state index in [4.69, 9.17) is 4.74 Å². The van der Waals surface area contributed by atoms with E-state index >= 15 is 0 Å². The minimum Gasteiger partial charge on any atom is -0.493 e. The van der Waals surface area contributed by atoms with Crippen molar-refractivity contribution in [3.05, 3.63) is 42.0 Å². The summed E-state index contributed by atoms with van der Waals surface area (Å²) in [5, 5.41) is 0. The van der Waals surface area contributed by atoms with Gasteiger partial charge >= 0.3 is 0 Å². The second-order valence-electron chi connectivity index (χ2n) is 5.20. The topological polar surface area (TPSA) is 9.23 Å². The molecular weight excluding hydrogens is 220 g/mol. The zero-order valence-electron chi connectivity index (χ0n) is 11.4. The van der Waals surface area contributed by atoms with E-state index in [9.17, 15) is 0 Å². The van der Waals surface area contributed by atoms with Crippen LogP contribution in [0.15, 0.2) is 42.0 Å². The summed E-state index contributed by atoms with van der Waals surface area (Å²) in [6, 6.07) is 10.1. The Morgan fingerprint density at radius 1 is 1.22 bits per heavy atom. The first-order valence-electron chi connectivity index (χ1n) is 7.24. The van der Waals surface area contributed by atoms with Gasteiger partial charge in [-0.25, -0.2) is 0 Å². The quantitative estimate of drug-likeness (QED) is 0.641. The molecule has 1 aromatic rings. The van der Waals surface area contributed by atoms with Crippen LogP contribution in [0.4, 0.5) is 0 Å². The largest absolute Gasteiger partial charge is 0.493 e. The van der Waals surface area contributed by atoms with Crippen LogP contribution in [0.25, 0.3) is 0 Å². The van der Waals surface area contributed by atoms with Crippen LogP contribution >= 0.6 is 0 Å². The van der Waals surface area contributed by atoms with E-state index in [1.54, 1.807) is 5.57 Å². The summed E-state index contributed by atoms with van der Waals surface area (Å²) >= 11 is 0. The van der Waals surface area contributed by atoms with Gasteiger partial charge in [-0.15, -0.1) is 0 Å². The first-order valence-corrected chi connectivity index (χ1v) is 7.24. The first-order chi connectivity index (χ1) is 8.88. The fourth-order valence-corrected chi connectivity index (χ4v) is 2.66. The third kappa shape index (κ3) is 4.21. The summed E-state index contributed by atoms with van der Waals surface area (Å²) in [4.78, 5) is 0. The number of ether oxygens (including phenoxy) is 1. The molecule has 1 aromatic carbocycles. The molecule has 2 rings (SSSR count). The molecule has 0 heterocycles. The third-order valence-electron chi connectivity index (χ3n) is 3.75. The maximum absolute atomic E-state index is 5.74. The Morgan fingerprint density at radius 3 is 2.72 bits per heavy atom. The van der Waals surface area contributed by atoms with Gasteiger partial charge in [-0.2, -0.15) is 0 Å². The molecule has 0 radical (unpaired) electrons. The zero-order chi connectivity index (χ0) is 12.6. The molecule has 1 nitrogen and oxygen atoms in total. The summed E-state index contributed by atoms with van der Waals surface area (Å²) in [5.41, 5.74) is 1.60. The van der Waals surface area contributed by atoms with Gasteiger partial charge in [0, 0.05) is 6.42 Å². The minimum atomic E-state index is 0.814. The number of hydrogen-bond donors (Lipinski definition) is 0. The number of rotatable bonds is 6. The van der Waals surface area contributed by atoms with Crippen LogP contribution < -0.4 is 4.74 Å². The van der Waals surface area contributed by atoms with E-state index in [2.05, 4.69) is 13.0 Å². The average molecular weight is 244 g/mol. The highest BCUT2D eigenvalue weighted by Crippen LogP contribution is 2.28. The van der Waals surface area contributed by atoms with Crippen LogP contribution in [0.5, 0.6) is 5.75 Å². The number of hydrogen-bond acceptors (Lipinski definition) is 1. The van der Waals surface area contributed by atoms with Gasteiger partial charge in [0.25, 0.3) is 0 Å². The van der Waals surface area contributed by atoms with Gasteiger partial charge < -0.3 is 4.74 Å². The van der Waals surface area contributed by atoms with E-state index < -0.39 is 0 Å². The van der Waals surface area contributed by atoms with Crippen LogP contribution in [0, 0.1) is 5.92 Å².